The van der Waals surface area contributed by atoms with Gasteiger partial charge in [0.15, 0.2) is 11.5 Å². The minimum atomic E-state index is -0.848. The van der Waals surface area contributed by atoms with Gasteiger partial charge in [-0.15, -0.1) is 0 Å². The molecule has 0 saturated carbocycles. The predicted molar refractivity (Wildman–Crippen MR) is 161 cm³/mol. The fraction of sp³-hybridized carbons (Fsp3) is 0.333. The van der Waals surface area contributed by atoms with Crippen LogP contribution in [0.2, 0.25) is 0 Å². The van der Waals surface area contributed by atoms with Crippen LogP contribution in [-0.4, -0.2) is 99.6 Å². The highest BCUT2D eigenvalue weighted by atomic mass is 16.5. The zero-order chi connectivity index (χ0) is 31.3. The number of hydrogen-bond donors (Lipinski definition) is 1. The van der Waals surface area contributed by atoms with Crippen LogP contribution in [0.5, 0.6) is 23.3 Å². The van der Waals surface area contributed by atoms with Gasteiger partial charge >= 0.3 is 12.0 Å². The number of imide groups is 2. The number of carbonyl (C=O) groups is 3. The van der Waals surface area contributed by atoms with E-state index >= 15 is 0 Å². The number of nitrogens with one attached hydrogen (secondary N) is 1. The molecule has 45 heavy (non-hydrogen) atoms. The zero-order valence-electron chi connectivity index (χ0n) is 24.7. The number of hydrogen-bond acceptors (Lipinski definition) is 13. The van der Waals surface area contributed by atoms with E-state index in [1.165, 1.54) is 20.3 Å². The molecule has 3 aliphatic rings. The molecule has 234 valence electrons. The van der Waals surface area contributed by atoms with E-state index in [1.807, 2.05) is 9.80 Å². The Labute approximate surface area is 258 Å². The van der Waals surface area contributed by atoms with Crippen LogP contribution in [0, 0.1) is 0 Å². The Balaban J connectivity index is 1.28. The monoisotopic (exact) mass is 617 g/mol. The van der Waals surface area contributed by atoms with Crippen molar-refractivity contribution in [2.45, 2.75) is 0 Å². The number of benzene rings is 2. The molecule has 3 aromatic rings. The van der Waals surface area contributed by atoms with Gasteiger partial charge in [0.1, 0.15) is 11.3 Å². The van der Waals surface area contributed by atoms with Crippen molar-refractivity contribution < 1.29 is 38.1 Å². The van der Waals surface area contributed by atoms with E-state index in [2.05, 4.69) is 15.3 Å². The number of anilines is 3. The molecule has 1 aromatic heterocycles. The third-order valence-electron chi connectivity index (χ3n) is 7.31. The van der Waals surface area contributed by atoms with E-state index in [9.17, 15) is 14.4 Å². The first-order valence-electron chi connectivity index (χ1n) is 14.3. The van der Waals surface area contributed by atoms with E-state index in [0.717, 1.165) is 4.90 Å². The average molecular weight is 618 g/mol. The van der Waals surface area contributed by atoms with Crippen molar-refractivity contribution in [1.29, 1.82) is 0 Å². The van der Waals surface area contributed by atoms with Crippen LogP contribution >= 0.6 is 0 Å². The first-order chi connectivity index (χ1) is 21.9. The summed E-state index contributed by atoms with van der Waals surface area (Å²) < 4.78 is 27.8. The smallest absolute Gasteiger partial charge is 0.335 e. The SMILES string of the molecule is COc1ccc(N2C(=O)NC(=O)C(=Cc3ccc(Oc4nc(N5CCOCC5)nc(N5CCOCC5)n4)c(OC)c3)C2=O)cc1. The summed E-state index contributed by atoms with van der Waals surface area (Å²) in [7, 11) is 2.97. The van der Waals surface area contributed by atoms with Gasteiger partial charge in [-0.25, -0.2) is 9.69 Å². The lowest BCUT2D eigenvalue weighted by Gasteiger charge is -2.30. The Morgan fingerprint density at radius 1 is 0.778 bits per heavy atom. The molecule has 2 aromatic carbocycles. The van der Waals surface area contributed by atoms with Crippen molar-refractivity contribution in [2.24, 2.45) is 0 Å². The number of rotatable bonds is 8. The van der Waals surface area contributed by atoms with Crippen molar-refractivity contribution >= 4 is 41.5 Å². The van der Waals surface area contributed by atoms with Crippen LogP contribution in [0.3, 0.4) is 0 Å². The summed E-state index contributed by atoms with van der Waals surface area (Å²) in [6.07, 6.45) is 1.38. The molecule has 6 rings (SSSR count). The molecule has 0 bridgehead atoms. The van der Waals surface area contributed by atoms with E-state index in [-0.39, 0.29) is 17.3 Å². The lowest BCUT2D eigenvalue weighted by atomic mass is 10.1. The van der Waals surface area contributed by atoms with E-state index < -0.39 is 17.8 Å². The van der Waals surface area contributed by atoms with Crippen molar-refractivity contribution in [1.82, 2.24) is 20.3 Å². The third-order valence-corrected chi connectivity index (χ3v) is 7.31. The van der Waals surface area contributed by atoms with Crippen molar-refractivity contribution in [3.63, 3.8) is 0 Å². The molecule has 15 heteroatoms. The quantitative estimate of drug-likeness (QED) is 0.289. The second-order valence-electron chi connectivity index (χ2n) is 10.1. The molecule has 15 nitrogen and oxygen atoms in total. The highest BCUT2D eigenvalue weighted by molar-refractivity contribution is 6.39. The molecule has 1 N–H and O–H groups in total. The van der Waals surface area contributed by atoms with Crippen LogP contribution in [0.15, 0.2) is 48.0 Å². The van der Waals surface area contributed by atoms with Gasteiger partial charge in [0, 0.05) is 26.2 Å². The summed E-state index contributed by atoms with van der Waals surface area (Å²) in [5.74, 6) is 0.524. The van der Waals surface area contributed by atoms with Gasteiger partial charge in [-0.3, -0.25) is 14.9 Å². The fourth-order valence-electron chi connectivity index (χ4n) is 4.94. The number of urea groups is 1. The van der Waals surface area contributed by atoms with Crippen LogP contribution in [0.1, 0.15) is 5.56 Å². The Hall–Kier alpha value is -5.28. The average Bonchev–Trinajstić information content (AvgIpc) is 3.08. The first kappa shape index (κ1) is 29.8. The second-order valence-corrected chi connectivity index (χ2v) is 10.1. The Bertz CT molecular complexity index is 1580. The Morgan fingerprint density at radius 3 is 1.98 bits per heavy atom. The number of barbiturate groups is 1. The van der Waals surface area contributed by atoms with Gasteiger partial charge in [-0.2, -0.15) is 15.0 Å². The summed E-state index contributed by atoms with van der Waals surface area (Å²) in [4.78, 5) is 57.4. The van der Waals surface area contributed by atoms with Gasteiger partial charge in [-0.1, -0.05) is 6.07 Å². The molecule has 3 saturated heterocycles. The summed E-state index contributed by atoms with van der Waals surface area (Å²) >= 11 is 0. The van der Waals surface area contributed by atoms with Gasteiger partial charge in [0.05, 0.1) is 46.3 Å². The standard InChI is InChI=1S/C30H31N7O8/c1-41-21-6-4-20(5-7-21)37-26(39)22(25(38)31-30(37)40)17-19-3-8-23(24(18-19)42-2)45-29-33-27(35-9-13-43-14-10-35)32-28(34-29)36-11-15-44-16-12-36/h3-8,17-18H,9-16H2,1-2H3,(H,31,38,40). The first-order valence-corrected chi connectivity index (χ1v) is 14.3. The van der Waals surface area contributed by atoms with Gasteiger partial charge in [0.2, 0.25) is 11.9 Å². The van der Waals surface area contributed by atoms with Crippen molar-refractivity contribution in [3.8, 4) is 23.3 Å². The number of amides is 4. The lowest BCUT2D eigenvalue weighted by molar-refractivity contribution is -0.122. The molecule has 0 aliphatic carbocycles. The van der Waals surface area contributed by atoms with E-state index in [4.69, 9.17) is 28.7 Å². The number of ether oxygens (including phenoxy) is 5. The van der Waals surface area contributed by atoms with Crippen LogP contribution in [0.25, 0.3) is 6.08 Å². The summed E-state index contributed by atoms with van der Waals surface area (Å²) in [5, 5.41) is 2.22. The van der Waals surface area contributed by atoms with Crippen LogP contribution < -0.4 is 34.2 Å². The molecule has 3 aliphatic heterocycles. The zero-order valence-corrected chi connectivity index (χ0v) is 24.7. The predicted octanol–water partition coefficient (Wildman–Crippen LogP) is 2.02. The maximum atomic E-state index is 13.3. The molecule has 3 fully saturated rings. The topological polar surface area (TPSA) is 158 Å². The van der Waals surface area contributed by atoms with Crippen molar-refractivity contribution in [3.05, 3.63) is 53.6 Å². The molecular formula is C30H31N7O8. The second kappa shape index (κ2) is 13.2. The highest BCUT2D eigenvalue weighted by Gasteiger charge is 2.37. The summed E-state index contributed by atoms with van der Waals surface area (Å²) in [5.41, 5.74) is 0.507. The maximum absolute atomic E-state index is 13.3. The lowest BCUT2D eigenvalue weighted by Crippen LogP contribution is -2.54. The van der Waals surface area contributed by atoms with Crippen molar-refractivity contribution in [2.75, 3.05) is 81.5 Å². The van der Waals surface area contributed by atoms with E-state index in [1.54, 1.807) is 42.5 Å². The summed E-state index contributed by atoms with van der Waals surface area (Å²) in [6, 6.07) is 10.4. The molecule has 0 spiro atoms. The molecule has 0 atom stereocenters. The van der Waals surface area contributed by atoms with Gasteiger partial charge in [0.25, 0.3) is 11.8 Å². The van der Waals surface area contributed by atoms with E-state index in [0.29, 0.717) is 87.3 Å². The third kappa shape index (κ3) is 6.49. The number of methoxy groups -OCH3 is 2. The fourth-order valence-corrected chi connectivity index (χ4v) is 4.94. The summed E-state index contributed by atoms with van der Waals surface area (Å²) in [6.45, 7) is 4.77. The molecule has 0 radical (unpaired) electrons. The largest absolute Gasteiger partial charge is 0.497 e. The molecular weight excluding hydrogens is 586 g/mol. The number of carbonyl (C=O) groups excluding carboxylic acids is 3. The Morgan fingerprint density at radius 2 is 1.40 bits per heavy atom. The molecule has 4 amide bonds. The highest BCUT2D eigenvalue weighted by Crippen LogP contribution is 2.33. The molecule has 4 heterocycles. The maximum Gasteiger partial charge on any atom is 0.335 e. The number of aromatic nitrogens is 3. The molecule has 0 unspecified atom stereocenters. The van der Waals surface area contributed by atoms with Gasteiger partial charge < -0.3 is 33.5 Å². The number of morpholine rings is 2. The minimum absolute atomic E-state index is 0.0767. The van der Waals surface area contributed by atoms with Crippen LogP contribution in [0.4, 0.5) is 22.4 Å². The Kier molecular flexibility index (Phi) is 8.70. The van der Waals surface area contributed by atoms with Gasteiger partial charge in [-0.05, 0) is 48.0 Å². The van der Waals surface area contributed by atoms with Crippen LogP contribution in [-0.2, 0) is 19.1 Å². The minimum Gasteiger partial charge on any atom is -0.497 e. The number of nitrogens with zero attached hydrogens (tertiary/aromatic N) is 6. The normalized spacial score (nSPS) is 18.2.